The first-order valence-electron chi connectivity index (χ1n) is 12.2. The highest BCUT2D eigenvalue weighted by atomic mass is 28.4. The Labute approximate surface area is 201 Å². The van der Waals surface area contributed by atoms with Crippen molar-refractivity contribution in [3.63, 3.8) is 0 Å². The summed E-state index contributed by atoms with van der Waals surface area (Å²) in [4.78, 5) is 24.5. The predicted molar refractivity (Wildman–Crippen MR) is 130 cm³/mol. The maximum atomic E-state index is 11.8. The summed E-state index contributed by atoms with van der Waals surface area (Å²) in [6.45, 7) is 7.97. The minimum absolute atomic E-state index is 0.0132. The molecule has 0 bridgehead atoms. The molecule has 10 heteroatoms. The largest absolute Gasteiger partial charge is 0.447 e. The molecule has 34 heavy (non-hydrogen) atoms. The van der Waals surface area contributed by atoms with Crippen molar-refractivity contribution in [2.45, 2.75) is 70.0 Å². The molecule has 9 nitrogen and oxygen atoms in total. The number of carbonyl (C=O) groups is 1. The van der Waals surface area contributed by atoms with Gasteiger partial charge in [0.25, 0.3) is 0 Å². The Morgan fingerprint density at radius 1 is 1.15 bits per heavy atom. The molecule has 2 aliphatic rings. The quantitative estimate of drug-likeness (QED) is 0.495. The Morgan fingerprint density at radius 3 is 2.56 bits per heavy atom. The minimum Gasteiger partial charge on any atom is -0.447 e. The van der Waals surface area contributed by atoms with E-state index in [0.717, 1.165) is 30.6 Å². The van der Waals surface area contributed by atoms with Crippen molar-refractivity contribution >= 4 is 20.1 Å². The van der Waals surface area contributed by atoms with Gasteiger partial charge < -0.3 is 19.4 Å². The lowest BCUT2D eigenvalue weighted by Gasteiger charge is -2.30. The number of cyclic esters (lactones) is 1. The molecule has 1 amide bonds. The molecule has 2 saturated heterocycles. The number of rotatable bonds is 10. The number of aryl methyl sites for hydroxylation is 2. The Morgan fingerprint density at radius 2 is 1.91 bits per heavy atom. The average molecular weight is 489 g/mol. The zero-order valence-electron chi connectivity index (χ0n) is 20.3. The Balaban J connectivity index is 1.35. The second-order valence-electron chi connectivity index (χ2n) is 9.96. The van der Waals surface area contributed by atoms with Gasteiger partial charge in [-0.25, -0.2) is 4.79 Å². The van der Waals surface area contributed by atoms with Crippen LogP contribution in [-0.2, 0) is 28.9 Å². The third-order valence-corrected chi connectivity index (χ3v) is 9.57. The second-order valence-corrected chi connectivity index (χ2v) is 13.9. The lowest BCUT2D eigenvalue weighted by molar-refractivity contribution is 0.0245. The molecule has 2 aliphatic heterocycles. The number of anilines is 1. The minimum atomic E-state index is -2.43. The topological polar surface area (TPSA) is 110 Å². The maximum absolute atomic E-state index is 11.8. The van der Waals surface area contributed by atoms with Gasteiger partial charge in [0.05, 0.1) is 24.4 Å². The number of carbonyl (C=O) groups excluding carboxylic acids is 1. The van der Waals surface area contributed by atoms with Gasteiger partial charge in [-0.1, -0.05) is 24.3 Å². The van der Waals surface area contributed by atoms with Crippen LogP contribution in [0, 0.1) is 5.92 Å². The zero-order valence-corrected chi connectivity index (χ0v) is 21.3. The van der Waals surface area contributed by atoms with Gasteiger partial charge in [-0.3, -0.25) is 9.58 Å². The third-order valence-electron chi connectivity index (χ3n) is 7.04. The van der Waals surface area contributed by atoms with Crippen LogP contribution >= 0.6 is 0 Å². The summed E-state index contributed by atoms with van der Waals surface area (Å²) in [5, 5.41) is 17.3. The predicted octanol–water partition coefficient (Wildman–Crippen LogP) is 2.76. The monoisotopic (exact) mass is 488 g/mol. The molecule has 3 heterocycles. The smallest absolute Gasteiger partial charge is 0.414 e. The van der Waals surface area contributed by atoms with Crippen LogP contribution in [0.1, 0.15) is 31.0 Å². The van der Waals surface area contributed by atoms with Crippen LogP contribution in [0.3, 0.4) is 0 Å². The van der Waals surface area contributed by atoms with Crippen LogP contribution < -0.4 is 4.90 Å². The molecule has 2 fully saturated rings. The van der Waals surface area contributed by atoms with Crippen LogP contribution in [0.25, 0.3) is 0 Å². The van der Waals surface area contributed by atoms with Crippen LogP contribution in [0.5, 0.6) is 0 Å². The first kappa shape index (κ1) is 24.8. The molecular weight excluding hydrogens is 452 g/mol. The van der Waals surface area contributed by atoms with E-state index >= 15 is 0 Å². The summed E-state index contributed by atoms with van der Waals surface area (Å²) in [7, 11) is -2.43. The van der Waals surface area contributed by atoms with Gasteiger partial charge in [0.15, 0.2) is 8.32 Å². The number of aromatic nitrogens is 3. The second kappa shape index (κ2) is 10.6. The molecule has 1 aromatic heterocycles. The average Bonchev–Trinajstić information content (AvgIpc) is 3.50. The van der Waals surface area contributed by atoms with Gasteiger partial charge in [0.2, 0.25) is 0 Å². The first-order valence-corrected chi connectivity index (χ1v) is 15.2. The van der Waals surface area contributed by atoms with Crippen LogP contribution in [0.2, 0.25) is 18.6 Å². The number of hydrogen-bond donors (Lipinski definition) is 2. The summed E-state index contributed by atoms with van der Waals surface area (Å²) in [5.41, 5.74) is 3.00. The van der Waals surface area contributed by atoms with Gasteiger partial charge in [0, 0.05) is 37.0 Å². The highest BCUT2D eigenvalue weighted by Gasteiger charge is 2.49. The molecule has 0 unspecified atom stereocenters. The van der Waals surface area contributed by atoms with E-state index in [4.69, 9.17) is 14.6 Å². The Bertz CT molecular complexity index is 961. The summed E-state index contributed by atoms with van der Waals surface area (Å²) in [6.07, 6.45) is 4.68. The van der Waals surface area contributed by atoms with E-state index in [1.54, 1.807) is 9.58 Å². The van der Waals surface area contributed by atoms with Crippen molar-refractivity contribution in [3.05, 3.63) is 41.7 Å². The number of benzene rings is 1. The van der Waals surface area contributed by atoms with E-state index in [1.807, 2.05) is 31.4 Å². The van der Waals surface area contributed by atoms with Gasteiger partial charge in [-0.2, -0.15) is 0 Å². The van der Waals surface area contributed by atoms with Crippen molar-refractivity contribution in [3.8, 4) is 0 Å². The van der Waals surface area contributed by atoms with Gasteiger partial charge >= 0.3 is 6.09 Å². The van der Waals surface area contributed by atoms with E-state index in [9.17, 15) is 9.59 Å². The van der Waals surface area contributed by atoms with Crippen LogP contribution in [-0.4, -0.2) is 71.3 Å². The number of ether oxygens (including phenoxy) is 2. The molecule has 4 atom stereocenters. The molecule has 0 radical (unpaired) electrons. The standard InChI is InChI=1S/C24H36N4O5Si/c1-17-21(9-6-18-4-7-20(8-5-18)28-13-15-32-24(28)30)33-22(23(17)34(2,3)31)10-12-27-16-19(11-14-29)25-26-27/h4-5,7-8,16-17,21-23,29,31H,6,9-15H2,1-3H3/t17-,21+,22-,23+/m0/s1. The molecule has 0 aliphatic carbocycles. The van der Waals surface area contributed by atoms with Gasteiger partial charge in [0.1, 0.15) is 6.61 Å². The number of aliphatic hydroxyl groups is 1. The highest BCUT2D eigenvalue weighted by molar-refractivity contribution is 6.71. The first-order chi connectivity index (χ1) is 16.3. The molecule has 0 saturated carbocycles. The van der Waals surface area contributed by atoms with Crippen LogP contribution in [0.15, 0.2) is 30.5 Å². The molecule has 2 N–H and O–H groups in total. The number of amides is 1. The normalized spacial score (nSPS) is 25.2. The molecule has 2 aromatic rings. The van der Waals surface area contributed by atoms with Crippen molar-refractivity contribution in [2.75, 3.05) is 24.7 Å². The fourth-order valence-corrected chi connectivity index (χ4v) is 8.05. The van der Waals surface area contributed by atoms with Gasteiger partial charge in [-0.15, -0.1) is 5.10 Å². The van der Waals surface area contributed by atoms with Crippen LogP contribution in [0.4, 0.5) is 10.5 Å². The third kappa shape index (κ3) is 5.68. The summed E-state index contributed by atoms with van der Waals surface area (Å²) < 4.78 is 13.4. The Hall–Kier alpha value is -2.27. The molecule has 0 spiro atoms. The fourth-order valence-electron chi connectivity index (χ4n) is 5.40. The van der Waals surface area contributed by atoms with E-state index in [0.29, 0.717) is 26.1 Å². The van der Waals surface area contributed by atoms with Crippen molar-refractivity contribution in [1.29, 1.82) is 0 Å². The SMILES string of the molecule is C[C@@H]1[C@@H]([Si](C)(C)O)[C@H](CCn2cc(CCO)nn2)O[C@@H]1CCc1ccc(N2CCOC2=O)cc1. The fraction of sp³-hybridized carbons (Fsp3) is 0.625. The van der Waals surface area contributed by atoms with Crippen molar-refractivity contribution < 1.29 is 24.2 Å². The van der Waals surface area contributed by atoms with Gasteiger partial charge in [-0.05, 0) is 56.0 Å². The Kier molecular flexibility index (Phi) is 7.71. The lowest BCUT2D eigenvalue weighted by atomic mass is 9.95. The number of nitrogens with zero attached hydrogens (tertiary/aromatic N) is 4. The van der Waals surface area contributed by atoms with Crippen molar-refractivity contribution in [1.82, 2.24) is 15.0 Å². The van der Waals surface area contributed by atoms with E-state index in [-0.39, 0.29) is 36.4 Å². The highest BCUT2D eigenvalue weighted by Crippen LogP contribution is 2.45. The lowest BCUT2D eigenvalue weighted by Crippen LogP contribution is -2.40. The number of hydrogen-bond acceptors (Lipinski definition) is 7. The summed E-state index contributed by atoms with van der Waals surface area (Å²) >= 11 is 0. The van der Waals surface area contributed by atoms with E-state index < -0.39 is 8.32 Å². The van der Waals surface area contributed by atoms with E-state index in [2.05, 4.69) is 29.4 Å². The van der Waals surface area contributed by atoms with Crippen molar-refractivity contribution in [2.24, 2.45) is 5.92 Å². The zero-order chi connectivity index (χ0) is 24.3. The molecular formula is C24H36N4O5Si. The summed E-state index contributed by atoms with van der Waals surface area (Å²) in [6, 6.07) is 8.07. The molecule has 186 valence electrons. The maximum Gasteiger partial charge on any atom is 0.414 e. The molecule has 4 rings (SSSR count). The number of aliphatic hydroxyl groups excluding tert-OH is 1. The molecule has 1 aromatic carbocycles. The van der Waals surface area contributed by atoms with E-state index in [1.165, 1.54) is 5.56 Å². The summed E-state index contributed by atoms with van der Waals surface area (Å²) in [5.74, 6) is 0.274.